The fraction of sp³-hybridized carbons (Fsp3) is 0.423. The molecule has 34 heavy (non-hydrogen) atoms. The molecule has 0 atom stereocenters. The highest BCUT2D eigenvalue weighted by molar-refractivity contribution is 7.97. The first kappa shape index (κ1) is 24.4. The number of hydrogen-bond acceptors (Lipinski definition) is 5. The highest BCUT2D eigenvalue weighted by Gasteiger charge is 2.46. The summed E-state index contributed by atoms with van der Waals surface area (Å²) in [4.78, 5) is 31.3. The molecule has 2 heterocycles. The van der Waals surface area contributed by atoms with E-state index in [4.69, 9.17) is 4.99 Å². The van der Waals surface area contributed by atoms with E-state index < -0.39 is 5.54 Å². The SMILES string of the molecule is Cc1cc(C2=NC3(CCN(SCCc4ccc(C(=O)N(C)C)cc4C)CC3)C(=O)N2)ccc1F. The van der Waals surface area contributed by atoms with Crippen molar-refractivity contribution in [1.82, 2.24) is 14.5 Å². The van der Waals surface area contributed by atoms with Crippen LogP contribution in [0.25, 0.3) is 0 Å². The van der Waals surface area contributed by atoms with E-state index in [1.807, 2.05) is 25.1 Å². The monoisotopic (exact) mass is 482 g/mol. The second-order valence-corrected chi connectivity index (χ2v) is 10.4. The molecule has 0 bridgehead atoms. The zero-order chi connectivity index (χ0) is 24.5. The van der Waals surface area contributed by atoms with E-state index in [0.29, 0.717) is 29.8 Å². The maximum atomic E-state index is 13.6. The number of carbonyl (C=O) groups is 2. The Hall–Kier alpha value is -2.71. The smallest absolute Gasteiger partial charge is 0.253 e. The zero-order valence-electron chi connectivity index (χ0n) is 20.2. The Morgan fingerprint density at radius 2 is 1.88 bits per heavy atom. The second-order valence-electron chi connectivity index (χ2n) is 9.26. The number of amides is 2. The number of aliphatic imine (C=N–C) groups is 1. The van der Waals surface area contributed by atoms with Crippen LogP contribution in [0.5, 0.6) is 0 Å². The first-order chi connectivity index (χ1) is 16.2. The lowest BCUT2D eigenvalue weighted by atomic mass is 9.89. The van der Waals surface area contributed by atoms with Crippen LogP contribution in [0, 0.1) is 19.7 Å². The standard InChI is InChI=1S/C26H31FN4O2S/c1-17-15-21(24(32)30(3)4)6-5-19(17)9-14-34-31-12-10-26(11-13-31)25(33)28-23(29-26)20-7-8-22(27)18(2)16-20/h5-8,15-16H,9-14H2,1-4H3,(H,28,29,33). The minimum atomic E-state index is -0.722. The Morgan fingerprint density at radius 3 is 2.53 bits per heavy atom. The van der Waals surface area contributed by atoms with Gasteiger partial charge in [-0.2, -0.15) is 0 Å². The average Bonchev–Trinajstić information content (AvgIpc) is 3.13. The van der Waals surface area contributed by atoms with Crippen molar-refractivity contribution in [3.8, 4) is 0 Å². The molecule has 2 aliphatic heterocycles. The molecule has 0 unspecified atom stereocenters. The molecule has 1 N–H and O–H groups in total. The molecule has 4 rings (SSSR count). The maximum Gasteiger partial charge on any atom is 0.253 e. The number of rotatable bonds is 6. The summed E-state index contributed by atoms with van der Waals surface area (Å²) in [6.07, 6.45) is 2.24. The van der Waals surface area contributed by atoms with Crippen molar-refractivity contribution in [2.75, 3.05) is 32.9 Å². The molecule has 0 aromatic heterocycles. The Bertz CT molecular complexity index is 1140. The summed E-state index contributed by atoms with van der Waals surface area (Å²) in [6, 6.07) is 10.7. The highest BCUT2D eigenvalue weighted by atomic mass is 32.2. The van der Waals surface area contributed by atoms with Crippen molar-refractivity contribution in [2.45, 2.75) is 38.6 Å². The summed E-state index contributed by atoms with van der Waals surface area (Å²) in [6.45, 7) is 5.33. The number of amidine groups is 1. The van der Waals surface area contributed by atoms with E-state index in [0.717, 1.165) is 36.4 Å². The van der Waals surface area contributed by atoms with E-state index in [9.17, 15) is 14.0 Å². The molecule has 0 radical (unpaired) electrons. The summed E-state index contributed by atoms with van der Waals surface area (Å²) < 4.78 is 15.9. The van der Waals surface area contributed by atoms with Crippen molar-refractivity contribution in [3.05, 3.63) is 70.0 Å². The van der Waals surface area contributed by atoms with Gasteiger partial charge in [0, 0.05) is 44.1 Å². The lowest BCUT2D eigenvalue weighted by Gasteiger charge is -2.34. The fourth-order valence-corrected chi connectivity index (χ4v) is 5.43. The highest BCUT2D eigenvalue weighted by Crippen LogP contribution is 2.33. The molecule has 180 valence electrons. The Morgan fingerprint density at radius 1 is 1.15 bits per heavy atom. The van der Waals surface area contributed by atoms with Crippen LogP contribution in [0.3, 0.4) is 0 Å². The molecule has 6 nitrogen and oxygen atoms in total. The number of nitrogens with zero attached hydrogens (tertiary/aromatic N) is 3. The lowest BCUT2D eigenvalue weighted by molar-refractivity contribution is -0.124. The molecule has 0 saturated carbocycles. The van der Waals surface area contributed by atoms with Crippen molar-refractivity contribution in [1.29, 1.82) is 0 Å². The molecule has 2 aromatic rings. The van der Waals surface area contributed by atoms with Crippen LogP contribution in [-0.2, 0) is 11.2 Å². The minimum absolute atomic E-state index is 0.0163. The molecule has 0 aliphatic carbocycles. The van der Waals surface area contributed by atoms with Gasteiger partial charge in [0.2, 0.25) is 0 Å². The van der Waals surface area contributed by atoms with Crippen molar-refractivity contribution >= 4 is 29.6 Å². The van der Waals surface area contributed by atoms with Gasteiger partial charge in [0.15, 0.2) is 0 Å². The third-order valence-electron chi connectivity index (χ3n) is 6.60. The maximum absolute atomic E-state index is 13.6. The van der Waals surface area contributed by atoms with E-state index >= 15 is 0 Å². The van der Waals surface area contributed by atoms with Gasteiger partial charge in [-0.3, -0.25) is 18.9 Å². The molecule has 1 saturated heterocycles. The molecule has 1 spiro atoms. The van der Waals surface area contributed by atoms with Crippen LogP contribution in [0.2, 0.25) is 0 Å². The van der Waals surface area contributed by atoms with E-state index in [2.05, 4.69) is 9.62 Å². The summed E-state index contributed by atoms with van der Waals surface area (Å²) in [7, 11) is 3.52. The Kier molecular flexibility index (Phi) is 7.09. The fourth-order valence-electron chi connectivity index (χ4n) is 4.42. The number of nitrogens with one attached hydrogen (secondary N) is 1. The van der Waals surface area contributed by atoms with Gasteiger partial charge in [-0.15, -0.1) is 0 Å². The van der Waals surface area contributed by atoms with Crippen molar-refractivity contribution < 1.29 is 14.0 Å². The number of carbonyl (C=O) groups excluding carboxylic acids is 2. The summed E-state index contributed by atoms with van der Waals surface area (Å²) >= 11 is 1.80. The number of benzene rings is 2. The molecule has 1 fully saturated rings. The third-order valence-corrected chi connectivity index (χ3v) is 7.72. The topological polar surface area (TPSA) is 65.0 Å². The quantitative estimate of drug-likeness (QED) is 0.637. The van der Waals surface area contributed by atoms with Gasteiger partial charge in [0.05, 0.1) is 0 Å². The molecule has 2 amide bonds. The number of halogens is 1. The number of piperidine rings is 1. The predicted molar refractivity (Wildman–Crippen MR) is 135 cm³/mol. The first-order valence-corrected chi connectivity index (χ1v) is 12.5. The Balaban J connectivity index is 1.31. The van der Waals surface area contributed by atoms with Gasteiger partial charge in [-0.25, -0.2) is 4.39 Å². The van der Waals surface area contributed by atoms with Crippen LogP contribution in [-0.4, -0.2) is 65.3 Å². The van der Waals surface area contributed by atoms with Crippen LogP contribution in [0.1, 0.15) is 45.5 Å². The van der Waals surface area contributed by atoms with Gasteiger partial charge >= 0.3 is 0 Å². The summed E-state index contributed by atoms with van der Waals surface area (Å²) in [5, 5.41) is 2.92. The number of hydrogen-bond donors (Lipinski definition) is 1. The van der Waals surface area contributed by atoms with E-state index in [1.54, 1.807) is 50.0 Å². The molecule has 2 aromatic carbocycles. The van der Waals surface area contributed by atoms with Gasteiger partial charge in [0.1, 0.15) is 17.2 Å². The van der Waals surface area contributed by atoms with Gasteiger partial charge in [0.25, 0.3) is 11.8 Å². The van der Waals surface area contributed by atoms with Crippen LogP contribution in [0.15, 0.2) is 41.4 Å². The average molecular weight is 483 g/mol. The molecular weight excluding hydrogens is 451 g/mol. The molecule has 2 aliphatic rings. The summed E-state index contributed by atoms with van der Waals surface area (Å²) in [5.41, 5.74) is 3.65. The normalized spacial score (nSPS) is 17.6. The van der Waals surface area contributed by atoms with Crippen LogP contribution >= 0.6 is 11.9 Å². The third kappa shape index (κ3) is 5.03. The molecular formula is C26H31FN4O2S. The first-order valence-electron chi connectivity index (χ1n) is 11.6. The zero-order valence-corrected chi connectivity index (χ0v) is 21.0. The van der Waals surface area contributed by atoms with Crippen molar-refractivity contribution in [2.24, 2.45) is 4.99 Å². The minimum Gasteiger partial charge on any atom is -0.345 e. The lowest BCUT2D eigenvalue weighted by Crippen LogP contribution is -2.47. The van der Waals surface area contributed by atoms with E-state index in [-0.39, 0.29) is 17.6 Å². The molecule has 8 heteroatoms. The summed E-state index contributed by atoms with van der Waals surface area (Å²) in [5.74, 6) is 1.17. The van der Waals surface area contributed by atoms with E-state index in [1.165, 1.54) is 11.6 Å². The predicted octanol–water partition coefficient (Wildman–Crippen LogP) is 3.75. The largest absolute Gasteiger partial charge is 0.345 e. The van der Waals surface area contributed by atoms with Crippen LogP contribution < -0.4 is 5.32 Å². The van der Waals surface area contributed by atoms with Gasteiger partial charge in [-0.1, -0.05) is 18.0 Å². The Labute approximate surface area is 204 Å². The second kappa shape index (κ2) is 9.88. The van der Waals surface area contributed by atoms with Gasteiger partial charge in [-0.05, 0) is 80.1 Å². The van der Waals surface area contributed by atoms with Crippen molar-refractivity contribution in [3.63, 3.8) is 0 Å². The number of aryl methyl sites for hydroxylation is 3. The van der Waals surface area contributed by atoms with Gasteiger partial charge < -0.3 is 10.2 Å². The van der Waals surface area contributed by atoms with Crippen LogP contribution in [0.4, 0.5) is 4.39 Å².